The molecule has 3 amide bonds. The maximum absolute atomic E-state index is 13.1. The van der Waals surface area contributed by atoms with Gasteiger partial charge < -0.3 is 20.1 Å². The minimum atomic E-state index is -0.657. The number of benzene rings is 3. The largest absolute Gasteiger partial charge is 0.495 e. The van der Waals surface area contributed by atoms with Crippen LogP contribution in [0, 0.1) is 0 Å². The van der Waals surface area contributed by atoms with Crippen LogP contribution in [0.25, 0.3) is 0 Å². The fourth-order valence-electron chi connectivity index (χ4n) is 3.56. The SMILES string of the molecule is CCOc1ccc(N2C(=O)C(Cl)=C(Nc3cccc(C(=O)Nc4cc(Cl)ccc4OC)c3)C2=O)cc1. The van der Waals surface area contributed by atoms with Gasteiger partial charge in [0.1, 0.15) is 22.2 Å². The van der Waals surface area contributed by atoms with Crippen LogP contribution in [0.2, 0.25) is 5.02 Å². The van der Waals surface area contributed by atoms with Crippen molar-refractivity contribution in [3.8, 4) is 11.5 Å². The first-order chi connectivity index (χ1) is 17.3. The Labute approximate surface area is 217 Å². The van der Waals surface area contributed by atoms with E-state index in [1.807, 2.05) is 6.92 Å². The second-order valence-corrected chi connectivity index (χ2v) is 8.38. The van der Waals surface area contributed by atoms with Crippen molar-refractivity contribution in [3.63, 3.8) is 0 Å². The van der Waals surface area contributed by atoms with E-state index in [9.17, 15) is 14.4 Å². The Morgan fingerprint density at radius 2 is 1.72 bits per heavy atom. The molecule has 0 atom stereocenters. The van der Waals surface area contributed by atoms with E-state index in [0.717, 1.165) is 4.90 Å². The molecule has 0 saturated heterocycles. The molecule has 0 aromatic heterocycles. The van der Waals surface area contributed by atoms with E-state index < -0.39 is 17.7 Å². The number of nitrogens with zero attached hydrogens (tertiary/aromatic N) is 1. The molecule has 1 heterocycles. The third-order valence-electron chi connectivity index (χ3n) is 5.24. The molecule has 0 spiro atoms. The Balaban J connectivity index is 1.52. The topological polar surface area (TPSA) is 97.0 Å². The summed E-state index contributed by atoms with van der Waals surface area (Å²) in [6.45, 7) is 2.35. The molecule has 2 N–H and O–H groups in total. The lowest BCUT2D eigenvalue weighted by Gasteiger charge is -2.16. The molecule has 0 fully saturated rings. The van der Waals surface area contributed by atoms with Gasteiger partial charge in [-0.3, -0.25) is 14.4 Å². The molecule has 10 heteroatoms. The molecule has 3 aromatic carbocycles. The van der Waals surface area contributed by atoms with E-state index in [4.69, 9.17) is 32.7 Å². The summed E-state index contributed by atoms with van der Waals surface area (Å²) in [6, 6.07) is 17.8. The Bertz CT molecular complexity index is 1370. The number of amides is 3. The number of carbonyl (C=O) groups is 3. The average Bonchev–Trinajstić information content (AvgIpc) is 3.08. The average molecular weight is 526 g/mol. The molecule has 0 radical (unpaired) electrons. The maximum Gasteiger partial charge on any atom is 0.283 e. The minimum Gasteiger partial charge on any atom is -0.495 e. The van der Waals surface area contributed by atoms with Gasteiger partial charge in [-0.15, -0.1) is 0 Å². The van der Waals surface area contributed by atoms with Crippen LogP contribution < -0.4 is 25.0 Å². The number of nitrogens with one attached hydrogen (secondary N) is 2. The molecule has 8 nitrogen and oxygen atoms in total. The first-order valence-corrected chi connectivity index (χ1v) is 11.6. The Morgan fingerprint density at radius 3 is 2.42 bits per heavy atom. The molecule has 0 bridgehead atoms. The summed E-state index contributed by atoms with van der Waals surface area (Å²) >= 11 is 12.3. The zero-order chi connectivity index (χ0) is 25.8. The normalized spacial score (nSPS) is 13.2. The van der Waals surface area contributed by atoms with Crippen molar-refractivity contribution in [3.05, 3.63) is 88.0 Å². The van der Waals surface area contributed by atoms with Gasteiger partial charge in [-0.05, 0) is 67.6 Å². The van der Waals surface area contributed by atoms with Gasteiger partial charge in [0.25, 0.3) is 17.7 Å². The second-order valence-electron chi connectivity index (χ2n) is 7.57. The lowest BCUT2D eigenvalue weighted by atomic mass is 10.1. The third kappa shape index (κ3) is 5.15. The molecule has 1 aliphatic heterocycles. The number of carbonyl (C=O) groups excluding carboxylic acids is 3. The number of ether oxygens (including phenoxy) is 2. The number of halogens is 2. The van der Waals surface area contributed by atoms with Gasteiger partial charge >= 0.3 is 0 Å². The quantitative estimate of drug-likeness (QED) is 0.380. The molecule has 36 heavy (non-hydrogen) atoms. The highest BCUT2D eigenvalue weighted by Gasteiger charge is 2.39. The summed E-state index contributed by atoms with van der Waals surface area (Å²) < 4.78 is 10.7. The molecule has 4 rings (SSSR count). The van der Waals surface area contributed by atoms with Crippen molar-refractivity contribution in [2.45, 2.75) is 6.92 Å². The molecule has 1 aliphatic rings. The van der Waals surface area contributed by atoms with Crippen molar-refractivity contribution in [2.75, 3.05) is 29.3 Å². The number of methoxy groups -OCH3 is 1. The van der Waals surface area contributed by atoms with Crippen LogP contribution in [-0.2, 0) is 9.59 Å². The van der Waals surface area contributed by atoms with Gasteiger partial charge in [0.05, 0.1) is 25.1 Å². The molecule has 0 saturated carbocycles. The highest BCUT2D eigenvalue weighted by atomic mass is 35.5. The van der Waals surface area contributed by atoms with Gasteiger partial charge in [-0.1, -0.05) is 29.3 Å². The number of hydrogen-bond donors (Lipinski definition) is 2. The highest BCUT2D eigenvalue weighted by Crippen LogP contribution is 2.32. The summed E-state index contributed by atoms with van der Waals surface area (Å²) in [7, 11) is 1.48. The zero-order valence-corrected chi connectivity index (χ0v) is 20.8. The van der Waals surface area contributed by atoms with E-state index in [-0.39, 0.29) is 10.7 Å². The van der Waals surface area contributed by atoms with Gasteiger partial charge in [-0.25, -0.2) is 4.90 Å². The third-order valence-corrected chi connectivity index (χ3v) is 5.82. The van der Waals surface area contributed by atoms with Crippen LogP contribution in [0.3, 0.4) is 0 Å². The summed E-state index contributed by atoms with van der Waals surface area (Å²) in [5.74, 6) is -0.640. The summed E-state index contributed by atoms with van der Waals surface area (Å²) in [4.78, 5) is 39.7. The first-order valence-electron chi connectivity index (χ1n) is 10.9. The van der Waals surface area contributed by atoms with Gasteiger partial charge in [0.15, 0.2) is 0 Å². The summed E-state index contributed by atoms with van der Waals surface area (Å²) in [5.41, 5.74) is 1.35. The monoisotopic (exact) mass is 525 g/mol. The Kier molecular flexibility index (Phi) is 7.47. The van der Waals surface area contributed by atoms with Crippen molar-refractivity contribution >= 4 is 58.0 Å². The second kappa shape index (κ2) is 10.7. The van der Waals surface area contributed by atoms with Crippen molar-refractivity contribution in [1.29, 1.82) is 0 Å². The Morgan fingerprint density at radius 1 is 0.972 bits per heavy atom. The standard InChI is InChI=1S/C26H21Cl2N3O5/c1-3-36-19-10-8-18(9-11-19)31-25(33)22(28)23(26(31)34)29-17-6-4-5-15(13-17)24(32)30-20-14-16(27)7-12-21(20)35-2/h4-14,29H,3H2,1-2H3,(H,30,32). The van der Waals surface area contributed by atoms with E-state index in [1.54, 1.807) is 60.7 Å². The molecule has 0 unspecified atom stereocenters. The summed E-state index contributed by atoms with van der Waals surface area (Å²) in [5, 5.41) is 5.81. The van der Waals surface area contributed by atoms with Crippen LogP contribution in [0.4, 0.5) is 17.1 Å². The van der Waals surface area contributed by atoms with E-state index in [0.29, 0.717) is 45.8 Å². The lowest BCUT2D eigenvalue weighted by Crippen LogP contribution is -2.32. The minimum absolute atomic E-state index is 0.0929. The Hall–Kier alpha value is -4.01. The number of rotatable bonds is 8. The number of imide groups is 1. The van der Waals surface area contributed by atoms with Crippen LogP contribution in [0.5, 0.6) is 11.5 Å². The molecule has 184 valence electrons. The van der Waals surface area contributed by atoms with Crippen LogP contribution >= 0.6 is 23.2 Å². The van der Waals surface area contributed by atoms with Gasteiger partial charge in [0, 0.05) is 16.3 Å². The van der Waals surface area contributed by atoms with Gasteiger partial charge in [-0.2, -0.15) is 0 Å². The van der Waals surface area contributed by atoms with Crippen LogP contribution in [0.1, 0.15) is 17.3 Å². The van der Waals surface area contributed by atoms with Crippen molar-refractivity contribution in [2.24, 2.45) is 0 Å². The van der Waals surface area contributed by atoms with E-state index in [2.05, 4.69) is 10.6 Å². The molecular formula is C26H21Cl2N3O5. The van der Waals surface area contributed by atoms with E-state index >= 15 is 0 Å². The van der Waals surface area contributed by atoms with Crippen LogP contribution in [-0.4, -0.2) is 31.4 Å². The first kappa shape index (κ1) is 25.1. The van der Waals surface area contributed by atoms with Gasteiger partial charge in [0.2, 0.25) is 0 Å². The maximum atomic E-state index is 13.1. The lowest BCUT2D eigenvalue weighted by molar-refractivity contribution is -0.120. The number of hydrogen-bond acceptors (Lipinski definition) is 6. The molecule has 0 aliphatic carbocycles. The van der Waals surface area contributed by atoms with Crippen molar-refractivity contribution < 1.29 is 23.9 Å². The smallest absolute Gasteiger partial charge is 0.283 e. The highest BCUT2D eigenvalue weighted by molar-refractivity contribution is 6.53. The molecular weight excluding hydrogens is 505 g/mol. The van der Waals surface area contributed by atoms with Crippen LogP contribution in [0.15, 0.2) is 77.5 Å². The predicted molar refractivity (Wildman–Crippen MR) is 139 cm³/mol. The van der Waals surface area contributed by atoms with E-state index in [1.165, 1.54) is 13.2 Å². The fourth-order valence-corrected chi connectivity index (χ4v) is 3.94. The molecule has 3 aromatic rings. The zero-order valence-electron chi connectivity index (χ0n) is 19.3. The van der Waals surface area contributed by atoms with Crippen molar-refractivity contribution in [1.82, 2.24) is 0 Å². The summed E-state index contributed by atoms with van der Waals surface area (Å²) in [6.07, 6.45) is 0. The predicted octanol–water partition coefficient (Wildman–Crippen LogP) is 5.44. The fraction of sp³-hybridized carbons (Fsp3) is 0.115. The number of anilines is 3.